The SMILES string of the molecule is CCOC(=O)c1c(NC(=O)CCC2CCCC2)sc2c1Cc1ccccc1-2. The number of anilines is 1. The highest BCUT2D eigenvalue weighted by Gasteiger charge is 2.31. The predicted octanol–water partition coefficient (Wildman–Crippen LogP) is 5.40. The lowest BCUT2D eigenvalue weighted by Crippen LogP contribution is -2.15. The normalized spacial score (nSPS) is 15.4. The van der Waals surface area contributed by atoms with E-state index in [-0.39, 0.29) is 11.9 Å². The van der Waals surface area contributed by atoms with E-state index in [1.807, 2.05) is 12.1 Å². The first-order valence-electron chi connectivity index (χ1n) is 9.88. The summed E-state index contributed by atoms with van der Waals surface area (Å²) in [5.74, 6) is 0.343. The summed E-state index contributed by atoms with van der Waals surface area (Å²) < 4.78 is 5.29. The lowest BCUT2D eigenvalue weighted by molar-refractivity contribution is -0.116. The van der Waals surface area contributed by atoms with Crippen molar-refractivity contribution in [3.63, 3.8) is 0 Å². The number of thiophene rings is 1. The number of esters is 1. The predicted molar refractivity (Wildman–Crippen MR) is 108 cm³/mol. The summed E-state index contributed by atoms with van der Waals surface area (Å²) >= 11 is 1.50. The van der Waals surface area contributed by atoms with Gasteiger partial charge in [0.1, 0.15) is 5.00 Å². The second-order valence-electron chi connectivity index (χ2n) is 7.41. The van der Waals surface area contributed by atoms with Crippen molar-refractivity contribution in [3.05, 3.63) is 41.0 Å². The molecule has 0 radical (unpaired) electrons. The number of amides is 1. The molecule has 0 atom stereocenters. The topological polar surface area (TPSA) is 55.4 Å². The number of carbonyl (C=O) groups excluding carboxylic acids is 2. The molecule has 0 aliphatic heterocycles. The molecule has 1 N–H and O–H groups in total. The highest BCUT2D eigenvalue weighted by molar-refractivity contribution is 7.20. The standard InChI is InChI=1S/C22H25NO3S/c1-2-26-22(25)19-17-13-15-9-5-6-10-16(15)20(17)27-21(19)23-18(24)12-11-14-7-3-4-8-14/h5-6,9-10,14H,2-4,7-8,11-13H2,1H3,(H,23,24). The molecule has 1 aromatic heterocycles. The fourth-order valence-electron chi connectivity index (χ4n) is 4.27. The van der Waals surface area contributed by atoms with Crippen LogP contribution in [0.4, 0.5) is 5.00 Å². The minimum absolute atomic E-state index is 0.000608. The van der Waals surface area contributed by atoms with Crippen molar-refractivity contribution in [2.75, 3.05) is 11.9 Å². The van der Waals surface area contributed by atoms with Crippen molar-refractivity contribution >= 4 is 28.2 Å². The maximum Gasteiger partial charge on any atom is 0.341 e. The molecule has 2 aromatic rings. The minimum Gasteiger partial charge on any atom is -0.462 e. The van der Waals surface area contributed by atoms with E-state index in [0.29, 0.717) is 35.9 Å². The Morgan fingerprint density at radius 2 is 2.00 bits per heavy atom. The van der Waals surface area contributed by atoms with Gasteiger partial charge in [0, 0.05) is 17.7 Å². The molecule has 2 aliphatic carbocycles. The lowest BCUT2D eigenvalue weighted by atomic mass is 10.0. The minimum atomic E-state index is -0.339. The molecule has 1 aromatic carbocycles. The molecule has 0 bridgehead atoms. The first-order chi connectivity index (χ1) is 13.2. The van der Waals surface area contributed by atoms with Crippen LogP contribution in [0.25, 0.3) is 10.4 Å². The first kappa shape index (κ1) is 18.2. The molecule has 1 fully saturated rings. The van der Waals surface area contributed by atoms with Crippen LogP contribution in [0.15, 0.2) is 24.3 Å². The number of rotatable bonds is 6. The largest absolute Gasteiger partial charge is 0.462 e. The summed E-state index contributed by atoms with van der Waals surface area (Å²) in [5, 5.41) is 3.66. The summed E-state index contributed by atoms with van der Waals surface area (Å²) in [6.07, 6.45) is 7.23. The second-order valence-corrected chi connectivity index (χ2v) is 8.43. The number of fused-ring (bicyclic) bond motifs is 3. The number of hydrogen-bond donors (Lipinski definition) is 1. The van der Waals surface area contributed by atoms with Gasteiger partial charge in [-0.15, -0.1) is 11.3 Å². The number of hydrogen-bond acceptors (Lipinski definition) is 4. The fraction of sp³-hybridized carbons (Fsp3) is 0.455. The van der Waals surface area contributed by atoms with E-state index in [1.165, 1.54) is 42.6 Å². The first-order valence-corrected chi connectivity index (χ1v) is 10.7. The number of benzene rings is 1. The smallest absolute Gasteiger partial charge is 0.341 e. The van der Waals surface area contributed by atoms with E-state index >= 15 is 0 Å². The number of nitrogens with one attached hydrogen (secondary N) is 1. The van der Waals surface area contributed by atoms with Gasteiger partial charge in [-0.2, -0.15) is 0 Å². The quantitative estimate of drug-likeness (QED) is 0.580. The van der Waals surface area contributed by atoms with Crippen LogP contribution in [0, 0.1) is 5.92 Å². The Kier molecular flexibility index (Phi) is 5.30. The molecule has 0 unspecified atom stereocenters. The lowest BCUT2D eigenvalue weighted by Gasteiger charge is -2.10. The molecule has 4 rings (SSSR count). The van der Waals surface area contributed by atoms with Crippen LogP contribution < -0.4 is 5.32 Å². The van der Waals surface area contributed by atoms with Gasteiger partial charge in [0.25, 0.3) is 0 Å². The van der Waals surface area contributed by atoms with Gasteiger partial charge in [0.15, 0.2) is 0 Å². The van der Waals surface area contributed by atoms with Crippen LogP contribution >= 0.6 is 11.3 Å². The van der Waals surface area contributed by atoms with Crippen molar-refractivity contribution in [2.45, 2.75) is 51.9 Å². The van der Waals surface area contributed by atoms with Crippen molar-refractivity contribution < 1.29 is 14.3 Å². The van der Waals surface area contributed by atoms with Crippen LogP contribution in [0.2, 0.25) is 0 Å². The molecule has 0 saturated heterocycles. The van der Waals surface area contributed by atoms with Crippen molar-refractivity contribution in [2.24, 2.45) is 5.92 Å². The average molecular weight is 384 g/mol. The maximum absolute atomic E-state index is 12.6. The molecular weight excluding hydrogens is 358 g/mol. The molecule has 2 aliphatic rings. The van der Waals surface area contributed by atoms with Gasteiger partial charge in [-0.3, -0.25) is 4.79 Å². The Morgan fingerprint density at radius 1 is 1.22 bits per heavy atom. The monoisotopic (exact) mass is 383 g/mol. The molecular formula is C22H25NO3S. The molecule has 1 heterocycles. The zero-order valence-corrected chi connectivity index (χ0v) is 16.5. The van der Waals surface area contributed by atoms with Crippen LogP contribution in [0.1, 0.15) is 66.9 Å². The van der Waals surface area contributed by atoms with Crippen LogP contribution in [0.3, 0.4) is 0 Å². The molecule has 1 saturated carbocycles. The highest BCUT2D eigenvalue weighted by atomic mass is 32.1. The van der Waals surface area contributed by atoms with Gasteiger partial charge in [-0.1, -0.05) is 49.9 Å². The Bertz CT molecular complexity index is 864. The van der Waals surface area contributed by atoms with Crippen molar-refractivity contribution in [3.8, 4) is 10.4 Å². The average Bonchev–Trinajstić information content (AvgIpc) is 3.35. The summed E-state index contributed by atoms with van der Waals surface area (Å²) in [5.41, 5.74) is 3.92. The van der Waals surface area contributed by atoms with E-state index < -0.39 is 0 Å². The van der Waals surface area contributed by atoms with E-state index in [9.17, 15) is 9.59 Å². The maximum atomic E-state index is 12.6. The Labute approximate surface area is 163 Å². The Hall–Kier alpha value is -2.14. The van der Waals surface area contributed by atoms with Crippen LogP contribution in [-0.4, -0.2) is 18.5 Å². The van der Waals surface area contributed by atoms with Gasteiger partial charge < -0.3 is 10.1 Å². The van der Waals surface area contributed by atoms with Crippen LogP contribution in [0.5, 0.6) is 0 Å². The fourth-order valence-corrected chi connectivity index (χ4v) is 5.55. The molecule has 4 nitrogen and oxygen atoms in total. The third kappa shape index (κ3) is 3.65. The van der Waals surface area contributed by atoms with Gasteiger partial charge in [-0.05, 0) is 36.0 Å². The zero-order valence-electron chi connectivity index (χ0n) is 15.7. The third-order valence-corrected chi connectivity index (χ3v) is 6.80. The van der Waals surface area contributed by atoms with E-state index in [4.69, 9.17) is 4.74 Å². The van der Waals surface area contributed by atoms with Crippen molar-refractivity contribution in [1.29, 1.82) is 0 Å². The Morgan fingerprint density at radius 3 is 2.78 bits per heavy atom. The highest BCUT2D eigenvalue weighted by Crippen LogP contribution is 2.47. The Balaban J connectivity index is 1.56. The van der Waals surface area contributed by atoms with E-state index in [2.05, 4.69) is 17.4 Å². The van der Waals surface area contributed by atoms with Gasteiger partial charge in [-0.25, -0.2) is 4.79 Å². The molecule has 142 valence electrons. The van der Waals surface area contributed by atoms with Crippen molar-refractivity contribution in [1.82, 2.24) is 0 Å². The summed E-state index contributed by atoms with van der Waals surface area (Å²) in [6, 6.07) is 8.21. The molecule has 0 spiro atoms. The van der Waals surface area contributed by atoms with Gasteiger partial charge >= 0.3 is 5.97 Å². The second kappa shape index (κ2) is 7.85. The van der Waals surface area contributed by atoms with E-state index in [1.54, 1.807) is 6.92 Å². The zero-order chi connectivity index (χ0) is 18.8. The van der Waals surface area contributed by atoms with E-state index in [0.717, 1.165) is 22.4 Å². The van der Waals surface area contributed by atoms with Gasteiger partial charge in [0.05, 0.1) is 12.2 Å². The summed E-state index contributed by atoms with van der Waals surface area (Å²) in [7, 11) is 0. The number of ether oxygens (including phenoxy) is 1. The summed E-state index contributed by atoms with van der Waals surface area (Å²) in [6.45, 7) is 2.13. The third-order valence-electron chi connectivity index (χ3n) is 5.62. The molecule has 1 amide bonds. The van der Waals surface area contributed by atoms with Crippen LogP contribution in [-0.2, 0) is 16.0 Å². The van der Waals surface area contributed by atoms with Gasteiger partial charge in [0.2, 0.25) is 5.91 Å². The summed E-state index contributed by atoms with van der Waals surface area (Å²) in [4.78, 5) is 26.2. The number of carbonyl (C=O) groups is 2. The molecule has 27 heavy (non-hydrogen) atoms. The molecule has 5 heteroatoms.